The molecule has 1 aliphatic heterocycles. The smallest absolute Gasteiger partial charge is 0.336 e. The molecule has 1 aliphatic rings. The van der Waals surface area contributed by atoms with Gasteiger partial charge in [0.05, 0.1) is 24.7 Å². The van der Waals surface area contributed by atoms with Crippen LogP contribution in [-0.4, -0.2) is 64.6 Å². The molecule has 0 saturated heterocycles. The second-order valence-corrected chi connectivity index (χ2v) is 4.38. The summed E-state index contributed by atoms with van der Waals surface area (Å²) in [5, 5.41) is 17.1. The van der Waals surface area contributed by atoms with Crippen molar-refractivity contribution in [2.24, 2.45) is 0 Å². The number of rotatable bonds is 3. The van der Waals surface area contributed by atoms with Crippen LogP contribution in [0.25, 0.3) is 0 Å². The summed E-state index contributed by atoms with van der Waals surface area (Å²) in [5.74, 6) is -2.46. The first-order chi connectivity index (χ1) is 9.45. The Hall–Kier alpha value is -2.37. The molecule has 2 N–H and O–H groups in total. The van der Waals surface area contributed by atoms with Crippen molar-refractivity contribution in [1.82, 2.24) is 4.90 Å². The number of carboxylic acids is 2. The van der Waals surface area contributed by atoms with Crippen molar-refractivity contribution in [3.05, 3.63) is 35.4 Å². The molecule has 0 radical (unpaired) electrons. The Kier molecular flexibility index (Phi) is 5.71. The van der Waals surface area contributed by atoms with Crippen LogP contribution < -0.4 is 0 Å². The quantitative estimate of drug-likeness (QED) is 0.809. The fraction of sp³-hybridized carbons (Fsp3) is 0.357. The zero-order chi connectivity index (χ0) is 15.1. The van der Waals surface area contributed by atoms with Gasteiger partial charge in [0, 0.05) is 0 Å². The Morgan fingerprint density at radius 3 is 1.95 bits per heavy atom. The molecule has 0 unspecified atom stereocenters. The molecule has 0 aromatic heterocycles. The van der Waals surface area contributed by atoms with E-state index >= 15 is 0 Å². The zero-order valence-corrected chi connectivity index (χ0v) is 11.6. The van der Waals surface area contributed by atoms with Crippen molar-refractivity contribution in [2.45, 2.75) is 6.92 Å². The van der Waals surface area contributed by atoms with Crippen molar-refractivity contribution in [3.8, 4) is 0 Å². The Balaban J connectivity index is 0.000000217. The molecule has 108 valence electrons. The van der Waals surface area contributed by atoms with Gasteiger partial charge in [0.15, 0.2) is 0 Å². The van der Waals surface area contributed by atoms with Crippen molar-refractivity contribution in [3.63, 3.8) is 0 Å². The van der Waals surface area contributed by atoms with Crippen molar-refractivity contribution in [2.75, 3.05) is 26.7 Å². The van der Waals surface area contributed by atoms with Gasteiger partial charge in [-0.3, -0.25) is 9.48 Å². The maximum Gasteiger partial charge on any atom is 0.336 e. The molecule has 6 nitrogen and oxygen atoms in total. The highest BCUT2D eigenvalue weighted by molar-refractivity contribution is 6.01. The highest BCUT2D eigenvalue weighted by Crippen LogP contribution is 2.07. The molecule has 1 aromatic rings. The molecule has 6 heteroatoms. The van der Waals surface area contributed by atoms with Crippen LogP contribution in [0.15, 0.2) is 24.3 Å². The Morgan fingerprint density at radius 2 is 1.70 bits per heavy atom. The van der Waals surface area contributed by atoms with Gasteiger partial charge in [-0.15, -0.1) is 0 Å². The molecule has 1 heterocycles. The Labute approximate surface area is 117 Å². The van der Waals surface area contributed by atoms with Gasteiger partial charge in [0.2, 0.25) is 6.34 Å². The predicted molar refractivity (Wildman–Crippen MR) is 74.7 cm³/mol. The monoisotopic (exact) mass is 279 g/mol. The lowest BCUT2D eigenvalue weighted by Crippen LogP contribution is -2.18. The summed E-state index contributed by atoms with van der Waals surface area (Å²) in [6, 6.07) is 5.48. The molecule has 2 rings (SSSR count). The zero-order valence-electron chi connectivity index (χ0n) is 11.6. The molecule has 0 atom stereocenters. The normalized spacial score (nSPS) is 13.3. The van der Waals surface area contributed by atoms with E-state index in [1.807, 2.05) is 0 Å². The number of aromatic carboxylic acids is 2. The van der Waals surface area contributed by atoms with Crippen LogP contribution in [0.1, 0.15) is 27.6 Å². The molecular formula is C14H19N2O4+. The van der Waals surface area contributed by atoms with E-state index in [9.17, 15) is 9.59 Å². The van der Waals surface area contributed by atoms with E-state index in [0.717, 1.165) is 6.54 Å². The van der Waals surface area contributed by atoms with Gasteiger partial charge < -0.3 is 10.2 Å². The van der Waals surface area contributed by atoms with Crippen LogP contribution in [0.4, 0.5) is 0 Å². The molecule has 0 amide bonds. The van der Waals surface area contributed by atoms with E-state index < -0.39 is 11.9 Å². The van der Waals surface area contributed by atoms with Crippen LogP contribution in [0.5, 0.6) is 0 Å². The first-order valence-corrected chi connectivity index (χ1v) is 6.30. The SMILES string of the molecule is CCN1C=[N+](C)CC1.O=C(O)c1ccccc1C(=O)O. The average molecular weight is 279 g/mol. The summed E-state index contributed by atoms with van der Waals surface area (Å²) in [5.41, 5.74) is -0.380. The first-order valence-electron chi connectivity index (χ1n) is 6.30. The summed E-state index contributed by atoms with van der Waals surface area (Å²) < 4.78 is 2.21. The minimum absolute atomic E-state index is 0.190. The highest BCUT2D eigenvalue weighted by atomic mass is 16.4. The van der Waals surface area contributed by atoms with Gasteiger partial charge in [0.25, 0.3) is 0 Å². The maximum absolute atomic E-state index is 10.5. The van der Waals surface area contributed by atoms with Gasteiger partial charge >= 0.3 is 11.9 Å². The number of nitrogens with zero attached hydrogens (tertiary/aromatic N) is 2. The molecule has 20 heavy (non-hydrogen) atoms. The number of carbonyl (C=O) groups is 2. The third-order valence-electron chi connectivity index (χ3n) is 2.89. The summed E-state index contributed by atoms with van der Waals surface area (Å²) in [6.45, 7) is 5.71. The van der Waals surface area contributed by atoms with E-state index in [2.05, 4.69) is 29.8 Å². The molecule has 0 bridgehead atoms. The summed E-state index contributed by atoms with van der Waals surface area (Å²) in [6.07, 6.45) is 2.17. The van der Waals surface area contributed by atoms with Crippen LogP contribution in [0.3, 0.4) is 0 Å². The maximum atomic E-state index is 10.5. The van der Waals surface area contributed by atoms with Crippen LogP contribution >= 0.6 is 0 Å². The fourth-order valence-electron chi connectivity index (χ4n) is 1.78. The molecule has 0 spiro atoms. The average Bonchev–Trinajstić information content (AvgIpc) is 2.85. The molecule has 1 aromatic carbocycles. The third-order valence-corrected chi connectivity index (χ3v) is 2.89. The predicted octanol–water partition coefficient (Wildman–Crippen LogP) is 1.08. The van der Waals surface area contributed by atoms with Crippen molar-refractivity contribution in [1.29, 1.82) is 0 Å². The number of likely N-dealkylation sites (N-methyl/N-ethyl adjacent to an activating group) is 2. The second kappa shape index (κ2) is 7.28. The van der Waals surface area contributed by atoms with Crippen molar-refractivity contribution >= 4 is 18.3 Å². The number of hydrogen-bond acceptors (Lipinski definition) is 3. The van der Waals surface area contributed by atoms with E-state index in [0.29, 0.717) is 0 Å². The minimum Gasteiger partial charge on any atom is -0.478 e. The summed E-state index contributed by atoms with van der Waals surface area (Å²) in [4.78, 5) is 23.2. The van der Waals surface area contributed by atoms with Crippen LogP contribution in [0.2, 0.25) is 0 Å². The van der Waals surface area contributed by atoms with E-state index in [-0.39, 0.29) is 11.1 Å². The van der Waals surface area contributed by atoms with Gasteiger partial charge in [-0.05, 0) is 19.1 Å². The molecule has 0 aliphatic carbocycles. The topological polar surface area (TPSA) is 80.8 Å². The largest absolute Gasteiger partial charge is 0.478 e. The van der Waals surface area contributed by atoms with Crippen LogP contribution in [-0.2, 0) is 0 Å². The van der Waals surface area contributed by atoms with Gasteiger partial charge in [-0.2, -0.15) is 0 Å². The van der Waals surface area contributed by atoms with E-state index in [1.54, 1.807) is 0 Å². The standard InChI is InChI=1S/C8H6O4.C6H13N2/c9-7(10)5-3-1-2-4-6(5)8(11)12;1-3-8-5-4-7(2)6-8/h1-4H,(H,9,10)(H,11,12);6H,3-5H2,1-2H3/q;+1. The van der Waals surface area contributed by atoms with Crippen LogP contribution in [0, 0.1) is 0 Å². The van der Waals surface area contributed by atoms with Gasteiger partial charge in [-0.25, -0.2) is 9.59 Å². The fourth-order valence-corrected chi connectivity index (χ4v) is 1.78. The molecule has 0 saturated carbocycles. The van der Waals surface area contributed by atoms with Gasteiger partial charge in [0.1, 0.15) is 13.1 Å². The number of hydrogen-bond donors (Lipinski definition) is 2. The number of carboxylic acid groups (broad SMARTS) is 2. The third kappa shape index (κ3) is 4.38. The summed E-state index contributed by atoms with van der Waals surface area (Å²) in [7, 11) is 2.11. The molecule has 0 fully saturated rings. The first kappa shape index (κ1) is 15.7. The lowest BCUT2D eigenvalue weighted by molar-refractivity contribution is -0.482. The lowest BCUT2D eigenvalue weighted by Gasteiger charge is -1.98. The van der Waals surface area contributed by atoms with E-state index in [4.69, 9.17) is 10.2 Å². The Morgan fingerprint density at radius 1 is 1.20 bits per heavy atom. The van der Waals surface area contributed by atoms with Gasteiger partial charge in [-0.1, -0.05) is 12.1 Å². The minimum atomic E-state index is -1.23. The van der Waals surface area contributed by atoms with E-state index in [1.165, 1.54) is 37.4 Å². The number of benzene rings is 1. The lowest BCUT2D eigenvalue weighted by atomic mass is 10.1. The molecular weight excluding hydrogens is 260 g/mol. The second-order valence-electron chi connectivity index (χ2n) is 4.38. The summed E-state index contributed by atoms with van der Waals surface area (Å²) >= 11 is 0. The highest BCUT2D eigenvalue weighted by Gasteiger charge is 2.13. The Bertz CT molecular complexity index is 493. The van der Waals surface area contributed by atoms with Crippen molar-refractivity contribution < 1.29 is 24.4 Å².